The summed E-state index contributed by atoms with van der Waals surface area (Å²) in [7, 11) is 5.90. The van der Waals surface area contributed by atoms with Crippen LogP contribution in [-0.4, -0.2) is 34.9 Å². The smallest absolute Gasteiger partial charge is 0.154 e. The Labute approximate surface area is 108 Å². The maximum absolute atomic E-state index is 4.30. The number of aryl methyl sites for hydroxylation is 1. The maximum Gasteiger partial charge on any atom is 0.154 e. The van der Waals surface area contributed by atoms with E-state index in [1.54, 1.807) is 6.34 Å². The molecular formula is C11H13IN4. The van der Waals surface area contributed by atoms with Gasteiger partial charge in [-0.25, -0.2) is 9.98 Å². The van der Waals surface area contributed by atoms with E-state index in [-0.39, 0.29) is 0 Å². The number of fused-ring (bicyclic) bond motifs is 1. The van der Waals surface area contributed by atoms with E-state index < -0.39 is 0 Å². The monoisotopic (exact) mass is 328 g/mol. The Hall–Kier alpha value is -1.11. The highest BCUT2D eigenvalue weighted by atomic mass is 127. The van der Waals surface area contributed by atoms with E-state index in [2.05, 4.69) is 43.3 Å². The molecule has 2 heterocycles. The number of nitrogens with zero attached hydrogens (tertiary/aromatic N) is 4. The molecule has 0 saturated heterocycles. The zero-order valence-electron chi connectivity index (χ0n) is 9.48. The second kappa shape index (κ2) is 4.40. The molecular weight excluding hydrogens is 315 g/mol. The molecule has 0 spiro atoms. The third-order valence-corrected chi connectivity index (χ3v) is 3.09. The van der Waals surface area contributed by atoms with Gasteiger partial charge in [-0.1, -0.05) is 0 Å². The summed E-state index contributed by atoms with van der Waals surface area (Å²) in [5.41, 5.74) is 1.13. The Kier molecular flexibility index (Phi) is 3.13. The zero-order valence-corrected chi connectivity index (χ0v) is 11.6. The third-order valence-electron chi connectivity index (χ3n) is 2.23. The van der Waals surface area contributed by atoms with Crippen molar-refractivity contribution in [1.82, 2.24) is 14.5 Å². The normalized spacial score (nSPS) is 11.5. The fourth-order valence-electron chi connectivity index (χ4n) is 1.46. The fourth-order valence-corrected chi connectivity index (χ4v) is 2.31. The molecule has 0 aliphatic heterocycles. The summed E-state index contributed by atoms with van der Waals surface area (Å²) in [5.74, 6) is 0.741. The van der Waals surface area contributed by atoms with Crippen molar-refractivity contribution >= 4 is 45.7 Å². The SMILES string of the molecule is CN(C)/C=N/c1cc2c(I)cn(C)c2cn1. The average molecular weight is 328 g/mol. The molecule has 0 N–H and O–H groups in total. The number of rotatable bonds is 2. The van der Waals surface area contributed by atoms with Gasteiger partial charge in [-0.05, 0) is 28.7 Å². The fraction of sp³-hybridized carbons (Fsp3) is 0.273. The van der Waals surface area contributed by atoms with Crippen molar-refractivity contribution in [2.75, 3.05) is 14.1 Å². The van der Waals surface area contributed by atoms with Gasteiger partial charge in [0, 0.05) is 36.3 Å². The second-order valence-corrected chi connectivity index (χ2v) is 5.02. The Bertz CT molecular complexity index is 542. The summed E-state index contributed by atoms with van der Waals surface area (Å²) < 4.78 is 3.29. The molecule has 2 rings (SSSR count). The van der Waals surface area contributed by atoms with Crippen molar-refractivity contribution in [3.05, 3.63) is 22.0 Å². The average Bonchev–Trinajstić information content (AvgIpc) is 2.52. The van der Waals surface area contributed by atoms with Crippen LogP contribution >= 0.6 is 22.6 Å². The highest BCUT2D eigenvalue weighted by Gasteiger charge is 2.05. The van der Waals surface area contributed by atoms with Crippen LogP contribution in [0.25, 0.3) is 10.9 Å². The lowest BCUT2D eigenvalue weighted by molar-refractivity contribution is 0.643. The van der Waals surface area contributed by atoms with Crippen molar-refractivity contribution in [3.63, 3.8) is 0 Å². The van der Waals surface area contributed by atoms with Crippen molar-refractivity contribution in [2.45, 2.75) is 0 Å². The van der Waals surface area contributed by atoms with E-state index in [1.165, 1.54) is 8.96 Å². The molecule has 5 heteroatoms. The summed E-state index contributed by atoms with van der Waals surface area (Å²) in [4.78, 5) is 10.5. The lowest BCUT2D eigenvalue weighted by Gasteiger charge is -2.02. The number of hydrogen-bond acceptors (Lipinski definition) is 2. The number of aromatic nitrogens is 2. The van der Waals surface area contributed by atoms with Crippen LogP contribution in [0, 0.1) is 3.57 Å². The van der Waals surface area contributed by atoms with Crippen LogP contribution < -0.4 is 0 Å². The van der Waals surface area contributed by atoms with Gasteiger partial charge in [-0.3, -0.25) is 0 Å². The van der Waals surface area contributed by atoms with Crippen LogP contribution in [0.15, 0.2) is 23.5 Å². The Balaban J connectivity index is 2.47. The summed E-state index contributed by atoms with van der Waals surface area (Å²) in [5, 5.41) is 1.20. The molecule has 0 bridgehead atoms. The molecule has 0 fully saturated rings. The first-order valence-electron chi connectivity index (χ1n) is 4.89. The van der Waals surface area contributed by atoms with Gasteiger partial charge in [0.1, 0.15) is 0 Å². The predicted molar refractivity (Wildman–Crippen MR) is 75.3 cm³/mol. The van der Waals surface area contributed by atoms with Crippen LogP contribution in [-0.2, 0) is 7.05 Å². The van der Waals surface area contributed by atoms with E-state index in [4.69, 9.17) is 0 Å². The second-order valence-electron chi connectivity index (χ2n) is 3.86. The topological polar surface area (TPSA) is 33.4 Å². The van der Waals surface area contributed by atoms with Gasteiger partial charge in [0.05, 0.1) is 18.1 Å². The minimum Gasteiger partial charge on any atom is -0.369 e. The highest BCUT2D eigenvalue weighted by Crippen LogP contribution is 2.24. The molecule has 0 radical (unpaired) electrons. The lowest BCUT2D eigenvalue weighted by Crippen LogP contribution is -2.07. The zero-order chi connectivity index (χ0) is 11.7. The first-order chi connectivity index (χ1) is 7.58. The molecule has 0 atom stereocenters. The lowest BCUT2D eigenvalue weighted by atomic mass is 10.3. The molecule has 0 unspecified atom stereocenters. The van der Waals surface area contributed by atoms with Crippen LogP contribution in [0.2, 0.25) is 0 Å². The van der Waals surface area contributed by atoms with Gasteiger partial charge in [0.2, 0.25) is 0 Å². The summed E-state index contributed by atoms with van der Waals surface area (Å²) in [6, 6.07) is 2.01. The molecule has 0 aromatic carbocycles. The van der Waals surface area contributed by atoms with E-state index in [0.717, 1.165) is 11.3 Å². The van der Waals surface area contributed by atoms with Gasteiger partial charge >= 0.3 is 0 Å². The molecule has 0 aliphatic rings. The van der Waals surface area contributed by atoms with Gasteiger partial charge < -0.3 is 9.47 Å². The summed E-state index contributed by atoms with van der Waals surface area (Å²) in [6.45, 7) is 0. The van der Waals surface area contributed by atoms with Crippen LogP contribution in [0.5, 0.6) is 0 Å². The first kappa shape index (κ1) is 11.4. The number of hydrogen-bond donors (Lipinski definition) is 0. The molecule has 2 aromatic rings. The van der Waals surface area contributed by atoms with Crippen molar-refractivity contribution in [3.8, 4) is 0 Å². The van der Waals surface area contributed by atoms with Gasteiger partial charge in [-0.15, -0.1) is 0 Å². The first-order valence-corrected chi connectivity index (χ1v) is 5.97. The van der Waals surface area contributed by atoms with Crippen molar-refractivity contribution in [2.24, 2.45) is 12.0 Å². The van der Waals surface area contributed by atoms with Gasteiger partial charge in [0.15, 0.2) is 5.82 Å². The Morgan fingerprint density at radius 1 is 1.50 bits per heavy atom. The minimum absolute atomic E-state index is 0.741. The van der Waals surface area contributed by atoms with Gasteiger partial charge in [-0.2, -0.15) is 0 Å². The van der Waals surface area contributed by atoms with E-state index in [1.807, 2.05) is 38.3 Å². The van der Waals surface area contributed by atoms with Gasteiger partial charge in [0.25, 0.3) is 0 Å². The molecule has 16 heavy (non-hydrogen) atoms. The predicted octanol–water partition coefficient (Wildman–Crippen LogP) is 2.40. The number of halogens is 1. The van der Waals surface area contributed by atoms with Crippen LogP contribution in [0.3, 0.4) is 0 Å². The van der Waals surface area contributed by atoms with E-state index in [0.29, 0.717) is 0 Å². The summed E-state index contributed by atoms with van der Waals surface area (Å²) >= 11 is 2.33. The molecule has 2 aromatic heterocycles. The van der Waals surface area contributed by atoms with Crippen molar-refractivity contribution in [1.29, 1.82) is 0 Å². The van der Waals surface area contributed by atoms with Crippen LogP contribution in [0.1, 0.15) is 0 Å². The quantitative estimate of drug-likeness (QED) is 0.482. The van der Waals surface area contributed by atoms with E-state index >= 15 is 0 Å². The Morgan fingerprint density at radius 2 is 2.25 bits per heavy atom. The van der Waals surface area contributed by atoms with E-state index in [9.17, 15) is 0 Å². The minimum atomic E-state index is 0.741. The number of aliphatic imine (C=N–C) groups is 1. The summed E-state index contributed by atoms with van der Waals surface area (Å²) in [6.07, 6.45) is 5.70. The highest BCUT2D eigenvalue weighted by molar-refractivity contribution is 14.1. The molecule has 0 saturated carbocycles. The maximum atomic E-state index is 4.30. The van der Waals surface area contributed by atoms with Crippen molar-refractivity contribution < 1.29 is 0 Å². The Morgan fingerprint density at radius 3 is 2.94 bits per heavy atom. The third kappa shape index (κ3) is 2.18. The largest absolute Gasteiger partial charge is 0.369 e. The standard InChI is InChI=1S/C11H13IN4/c1-15(2)7-14-11-4-8-9(12)6-16(3)10(8)5-13-11/h4-7H,1-3H3/b14-7+. The molecule has 84 valence electrons. The number of pyridine rings is 1. The molecule has 4 nitrogen and oxygen atoms in total. The molecule has 0 aliphatic carbocycles. The van der Waals surface area contributed by atoms with Crippen LogP contribution in [0.4, 0.5) is 5.82 Å². The molecule has 0 amide bonds.